The van der Waals surface area contributed by atoms with Gasteiger partial charge in [-0.15, -0.1) is 0 Å². The quantitative estimate of drug-likeness (QED) is 0.673. The fourth-order valence-corrected chi connectivity index (χ4v) is 2.79. The van der Waals surface area contributed by atoms with Crippen LogP contribution in [0.4, 0.5) is 0 Å². The van der Waals surface area contributed by atoms with Crippen LogP contribution in [0.5, 0.6) is 0 Å². The Hall–Kier alpha value is -0.260. The number of thioether (sulfide) groups is 1. The van der Waals surface area contributed by atoms with Gasteiger partial charge in [0.1, 0.15) is 5.54 Å². The number of nitrogens with two attached hydrogens (primary N) is 1. The molecule has 0 heterocycles. The molecule has 4 nitrogen and oxygen atoms in total. The molecule has 0 spiro atoms. The first-order valence-electron chi connectivity index (χ1n) is 6.17. The van der Waals surface area contributed by atoms with Crippen LogP contribution in [-0.2, 0) is 9.53 Å². The molecular weight excluding hydrogens is 238 g/mol. The van der Waals surface area contributed by atoms with Crippen molar-refractivity contribution in [3.63, 3.8) is 0 Å². The van der Waals surface area contributed by atoms with Crippen molar-refractivity contribution in [2.45, 2.75) is 50.5 Å². The first-order valence-corrected chi connectivity index (χ1v) is 7.22. The number of aliphatic hydroxyl groups excluding tert-OH is 1. The molecule has 0 saturated heterocycles. The number of esters is 1. The van der Waals surface area contributed by atoms with Crippen LogP contribution in [0.25, 0.3) is 0 Å². The third-order valence-corrected chi connectivity index (χ3v) is 4.79. The molecule has 3 atom stereocenters. The predicted octanol–water partition coefficient (Wildman–Crippen LogP) is 1.16. The number of hydrogen-bond donors (Lipinski definition) is 2. The van der Waals surface area contributed by atoms with E-state index in [0.717, 1.165) is 12.8 Å². The van der Waals surface area contributed by atoms with Crippen LogP contribution in [0.15, 0.2) is 0 Å². The maximum Gasteiger partial charge on any atom is 0.327 e. The fourth-order valence-electron chi connectivity index (χ4n) is 1.62. The maximum absolute atomic E-state index is 11.9. The van der Waals surface area contributed by atoms with Gasteiger partial charge in [0.15, 0.2) is 0 Å². The highest BCUT2D eigenvalue weighted by molar-refractivity contribution is 8.00. The van der Waals surface area contributed by atoms with Gasteiger partial charge in [-0.2, -0.15) is 11.8 Å². The fraction of sp³-hybridized carbons (Fsp3) is 0.917. The van der Waals surface area contributed by atoms with Gasteiger partial charge in [0, 0.05) is 11.0 Å². The third kappa shape index (κ3) is 3.86. The van der Waals surface area contributed by atoms with Crippen molar-refractivity contribution in [3.05, 3.63) is 0 Å². The standard InChI is InChI=1S/C12H23NO3S/c1-4-16-11(15)12(13,10-5-6-10)7-17-9(3)8(2)14/h8-10,14H,4-7,13H2,1-3H3. The van der Waals surface area contributed by atoms with Gasteiger partial charge >= 0.3 is 5.97 Å². The number of carbonyl (C=O) groups is 1. The van der Waals surface area contributed by atoms with Crippen LogP contribution >= 0.6 is 11.8 Å². The van der Waals surface area contributed by atoms with E-state index in [1.54, 1.807) is 13.8 Å². The maximum atomic E-state index is 11.9. The molecule has 3 N–H and O–H groups in total. The summed E-state index contributed by atoms with van der Waals surface area (Å²) in [7, 11) is 0. The summed E-state index contributed by atoms with van der Waals surface area (Å²) >= 11 is 1.54. The Morgan fingerprint density at radius 3 is 2.59 bits per heavy atom. The van der Waals surface area contributed by atoms with E-state index in [2.05, 4.69) is 0 Å². The average Bonchev–Trinajstić information content (AvgIpc) is 3.09. The highest BCUT2D eigenvalue weighted by Crippen LogP contribution is 2.41. The Morgan fingerprint density at radius 2 is 2.18 bits per heavy atom. The molecule has 0 radical (unpaired) electrons. The van der Waals surface area contributed by atoms with Gasteiger partial charge in [-0.05, 0) is 32.6 Å². The highest BCUT2D eigenvalue weighted by Gasteiger charge is 2.49. The lowest BCUT2D eigenvalue weighted by Gasteiger charge is -2.28. The summed E-state index contributed by atoms with van der Waals surface area (Å²) in [5.41, 5.74) is 5.33. The van der Waals surface area contributed by atoms with E-state index in [1.165, 1.54) is 11.8 Å². The zero-order valence-corrected chi connectivity index (χ0v) is 11.6. The van der Waals surface area contributed by atoms with Crippen LogP contribution in [0.1, 0.15) is 33.6 Å². The van der Waals surface area contributed by atoms with Crippen molar-refractivity contribution in [2.75, 3.05) is 12.4 Å². The lowest BCUT2D eigenvalue weighted by atomic mass is 9.97. The van der Waals surface area contributed by atoms with E-state index in [0.29, 0.717) is 12.4 Å². The Labute approximate surface area is 107 Å². The second-order valence-electron chi connectivity index (χ2n) is 4.79. The van der Waals surface area contributed by atoms with Gasteiger partial charge in [0.05, 0.1) is 12.7 Å². The summed E-state index contributed by atoms with van der Waals surface area (Å²) in [6.45, 7) is 5.84. The summed E-state index contributed by atoms with van der Waals surface area (Å²) in [5, 5.41) is 9.51. The number of carbonyl (C=O) groups excluding carboxylic acids is 1. The molecule has 1 fully saturated rings. The number of aliphatic hydroxyl groups is 1. The van der Waals surface area contributed by atoms with Crippen LogP contribution in [-0.4, -0.2) is 40.3 Å². The summed E-state index contributed by atoms with van der Waals surface area (Å²) in [5.74, 6) is 0.464. The minimum atomic E-state index is -0.871. The van der Waals surface area contributed by atoms with E-state index >= 15 is 0 Å². The Morgan fingerprint density at radius 1 is 1.59 bits per heavy atom. The van der Waals surface area contributed by atoms with Crippen molar-refractivity contribution in [1.82, 2.24) is 0 Å². The second kappa shape index (κ2) is 6.07. The minimum Gasteiger partial charge on any atom is -0.465 e. The first kappa shape index (κ1) is 14.8. The molecule has 0 amide bonds. The summed E-state index contributed by atoms with van der Waals surface area (Å²) < 4.78 is 5.06. The monoisotopic (exact) mass is 261 g/mol. The SMILES string of the molecule is CCOC(=O)C(N)(CSC(C)C(C)O)C1CC1. The topological polar surface area (TPSA) is 72.5 Å². The van der Waals surface area contributed by atoms with Crippen LogP contribution in [0.3, 0.4) is 0 Å². The van der Waals surface area contributed by atoms with Crippen molar-refractivity contribution in [1.29, 1.82) is 0 Å². The largest absolute Gasteiger partial charge is 0.465 e. The number of hydrogen-bond acceptors (Lipinski definition) is 5. The first-order chi connectivity index (χ1) is 7.91. The van der Waals surface area contributed by atoms with Crippen LogP contribution in [0, 0.1) is 5.92 Å². The van der Waals surface area contributed by atoms with Crippen molar-refractivity contribution in [2.24, 2.45) is 11.7 Å². The highest BCUT2D eigenvalue weighted by atomic mass is 32.2. The molecular formula is C12H23NO3S. The van der Waals surface area contributed by atoms with Gasteiger partial charge in [-0.3, -0.25) is 4.79 Å². The molecule has 17 heavy (non-hydrogen) atoms. The molecule has 0 aromatic heterocycles. The number of ether oxygens (including phenoxy) is 1. The average molecular weight is 261 g/mol. The summed E-state index contributed by atoms with van der Waals surface area (Å²) in [6, 6.07) is 0. The van der Waals surface area contributed by atoms with Gasteiger partial charge < -0.3 is 15.6 Å². The molecule has 1 aliphatic rings. The zero-order valence-electron chi connectivity index (χ0n) is 10.8. The molecule has 1 rings (SSSR count). The van der Waals surface area contributed by atoms with Crippen molar-refractivity contribution < 1.29 is 14.6 Å². The zero-order chi connectivity index (χ0) is 13.1. The number of rotatable bonds is 7. The van der Waals surface area contributed by atoms with Crippen LogP contribution in [0.2, 0.25) is 0 Å². The summed E-state index contributed by atoms with van der Waals surface area (Å²) in [6.07, 6.45) is 1.60. The molecule has 1 saturated carbocycles. The lowest BCUT2D eigenvalue weighted by Crippen LogP contribution is -2.54. The Bertz CT molecular complexity index is 268. The Balaban J connectivity index is 2.56. The summed E-state index contributed by atoms with van der Waals surface area (Å²) in [4.78, 5) is 11.9. The molecule has 1 aliphatic carbocycles. The van der Waals surface area contributed by atoms with E-state index in [4.69, 9.17) is 10.5 Å². The van der Waals surface area contributed by atoms with E-state index in [1.807, 2.05) is 6.92 Å². The van der Waals surface area contributed by atoms with E-state index in [-0.39, 0.29) is 17.1 Å². The van der Waals surface area contributed by atoms with Gasteiger partial charge in [-0.1, -0.05) is 6.92 Å². The predicted molar refractivity (Wildman–Crippen MR) is 69.9 cm³/mol. The molecule has 0 aromatic rings. The van der Waals surface area contributed by atoms with E-state index in [9.17, 15) is 9.90 Å². The second-order valence-corrected chi connectivity index (χ2v) is 6.16. The van der Waals surface area contributed by atoms with Gasteiger partial charge in [0.2, 0.25) is 0 Å². The Kier molecular flexibility index (Phi) is 5.28. The minimum absolute atomic E-state index is 0.0751. The van der Waals surface area contributed by atoms with Crippen LogP contribution < -0.4 is 5.73 Å². The van der Waals surface area contributed by atoms with E-state index < -0.39 is 11.6 Å². The van der Waals surface area contributed by atoms with Gasteiger partial charge in [-0.25, -0.2) is 0 Å². The smallest absolute Gasteiger partial charge is 0.327 e. The third-order valence-electron chi connectivity index (χ3n) is 3.23. The molecule has 3 unspecified atom stereocenters. The molecule has 100 valence electrons. The molecule has 0 bridgehead atoms. The van der Waals surface area contributed by atoms with Crippen molar-refractivity contribution in [3.8, 4) is 0 Å². The molecule has 0 aliphatic heterocycles. The lowest BCUT2D eigenvalue weighted by molar-refractivity contribution is -0.149. The molecule has 0 aromatic carbocycles. The van der Waals surface area contributed by atoms with Gasteiger partial charge in [0.25, 0.3) is 0 Å². The molecule has 5 heteroatoms. The normalized spacial score (nSPS) is 22.6. The van der Waals surface area contributed by atoms with Crippen molar-refractivity contribution >= 4 is 17.7 Å².